The van der Waals surface area contributed by atoms with Crippen molar-refractivity contribution in [1.82, 2.24) is 0 Å². The van der Waals surface area contributed by atoms with Gasteiger partial charge in [0, 0.05) is 10.6 Å². The Balaban J connectivity index is 3.37. The molecule has 4 N–H and O–H groups in total. The molecule has 126 valence electrons. The van der Waals surface area contributed by atoms with Gasteiger partial charge in [0.15, 0.2) is 0 Å². The van der Waals surface area contributed by atoms with Gasteiger partial charge in [-0.1, -0.05) is 43.6 Å². The van der Waals surface area contributed by atoms with Crippen LogP contribution in [0.15, 0.2) is 24.3 Å². The van der Waals surface area contributed by atoms with Crippen molar-refractivity contribution in [2.24, 2.45) is 16.2 Å². The highest BCUT2D eigenvalue weighted by Crippen LogP contribution is 2.34. The number of hydrogen-bond acceptors (Lipinski definition) is 6. The van der Waals surface area contributed by atoms with Crippen LogP contribution < -0.4 is 10.3 Å². The monoisotopic (exact) mass is 372 g/mol. The molecule has 0 aliphatic carbocycles. The van der Waals surface area contributed by atoms with Crippen LogP contribution in [0.25, 0.3) is 0 Å². The lowest BCUT2D eigenvalue weighted by molar-refractivity contribution is 0.0320. The first-order valence-corrected chi connectivity index (χ1v) is 9.39. The molecule has 0 aromatic heterocycles. The van der Waals surface area contributed by atoms with Gasteiger partial charge in [-0.2, -0.15) is 16.8 Å². The molecule has 0 unspecified atom stereocenters. The Morgan fingerprint density at radius 1 is 1.00 bits per heavy atom. The first kappa shape index (κ1) is 19.3. The standard InChI is InChI=1S/C11H17ClN2O6S2/c1-7(2)10(19-21(13,15)16)11(20-22(14,17)18)8-5-3-4-6-9(8)12/h3-7,10-11H,1-2H3,(H2,13,15,16)(H2,14,17,18)/t10-,11-/m1/s1. The van der Waals surface area contributed by atoms with Crippen LogP contribution >= 0.6 is 11.6 Å². The molecule has 0 radical (unpaired) electrons. The van der Waals surface area contributed by atoms with Crippen molar-refractivity contribution in [2.75, 3.05) is 0 Å². The van der Waals surface area contributed by atoms with E-state index in [-0.39, 0.29) is 10.6 Å². The van der Waals surface area contributed by atoms with E-state index in [1.165, 1.54) is 12.1 Å². The minimum Gasteiger partial charge on any atom is -0.251 e. The highest BCUT2D eigenvalue weighted by molar-refractivity contribution is 7.84. The fourth-order valence-corrected chi connectivity index (χ4v) is 3.18. The fraction of sp³-hybridized carbons (Fsp3) is 0.455. The highest BCUT2D eigenvalue weighted by atomic mass is 35.5. The summed E-state index contributed by atoms with van der Waals surface area (Å²) in [6, 6.07) is 6.16. The Labute approximate surface area is 134 Å². The van der Waals surface area contributed by atoms with E-state index in [1.54, 1.807) is 26.0 Å². The highest BCUT2D eigenvalue weighted by Gasteiger charge is 2.35. The zero-order valence-corrected chi connectivity index (χ0v) is 14.2. The van der Waals surface area contributed by atoms with E-state index in [0.717, 1.165) is 0 Å². The van der Waals surface area contributed by atoms with Crippen molar-refractivity contribution in [3.8, 4) is 0 Å². The van der Waals surface area contributed by atoms with Gasteiger partial charge < -0.3 is 0 Å². The van der Waals surface area contributed by atoms with E-state index in [2.05, 4.69) is 0 Å². The zero-order chi connectivity index (χ0) is 17.1. The molecule has 8 nitrogen and oxygen atoms in total. The number of rotatable bonds is 7. The Morgan fingerprint density at radius 2 is 1.50 bits per heavy atom. The first-order chi connectivity index (χ1) is 9.91. The molecule has 0 aliphatic heterocycles. The van der Waals surface area contributed by atoms with Gasteiger partial charge in [-0.15, -0.1) is 0 Å². The van der Waals surface area contributed by atoms with Crippen molar-refractivity contribution in [3.05, 3.63) is 34.9 Å². The SMILES string of the molecule is CC(C)[C@@H](OS(N)(=O)=O)[C@H](OS(N)(=O)=O)c1ccccc1Cl. The molecule has 0 fully saturated rings. The van der Waals surface area contributed by atoms with Crippen LogP contribution in [-0.2, 0) is 29.0 Å². The third-order valence-electron chi connectivity index (χ3n) is 2.65. The molecule has 22 heavy (non-hydrogen) atoms. The van der Waals surface area contributed by atoms with E-state index < -0.39 is 38.7 Å². The number of hydrogen-bond donors (Lipinski definition) is 2. The van der Waals surface area contributed by atoms with Gasteiger partial charge >= 0.3 is 20.6 Å². The molecular weight excluding hydrogens is 356 g/mol. The van der Waals surface area contributed by atoms with Crippen LogP contribution in [0.5, 0.6) is 0 Å². The maximum absolute atomic E-state index is 11.3. The summed E-state index contributed by atoms with van der Waals surface area (Å²) < 4.78 is 54.6. The van der Waals surface area contributed by atoms with Crippen molar-refractivity contribution >= 4 is 32.2 Å². The molecule has 0 spiro atoms. The third-order valence-corrected chi connectivity index (χ3v) is 3.96. The van der Waals surface area contributed by atoms with Crippen molar-refractivity contribution in [1.29, 1.82) is 0 Å². The minimum absolute atomic E-state index is 0.166. The summed E-state index contributed by atoms with van der Waals surface area (Å²) in [6.07, 6.45) is -2.62. The van der Waals surface area contributed by atoms with Crippen LogP contribution in [-0.4, -0.2) is 22.9 Å². The fourth-order valence-electron chi connectivity index (χ4n) is 1.80. The topological polar surface area (TPSA) is 139 Å². The van der Waals surface area contributed by atoms with Crippen LogP contribution in [0.3, 0.4) is 0 Å². The molecule has 1 rings (SSSR count). The lowest BCUT2D eigenvalue weighted by atomic mass is 9.96. The lowest BCUT2D eigenvalue weighted by Crippen LogP contribution is -2.36. The predicted octanol–water partition coefficient (Wildman–Crippen LogP) is 0.846. The Hall–Kier alpha value is -0.750. The maximum atomic E-state index is 11.3. The third kappa shape index (κ3) is 6.16. The molecular formula is C11H17ClN2O6S2. The van der Waals surface area contributed by atoms with E-state index in [9.17, 15) is 16.8 Å². The van der Waals surface area contributed by atoms with E-state index in [0.29, 0.717) is 0 Å². The molecule has 0 bridgehead atoms. The Kier molecular flexibility index (Phi) is 6.33. The molecule has 0 saturated carbocycles. The average Bonchev–Trinajstić information content (AvgIpc) is 2.32. The van der Waals surface area contributed by atoms with Crippen molar-refractivity contribution < 1.29 is 25.2 Å². The van der Waals surface area contributed by atoms with E-state index >= 15 is 0 Å². The van der Waals surface area contributed by atoms with Gasteiger partial charge in [0.2, 0.25) is 0 Å². The summed E-state index contributed by atoms with van der Waals surface area (Å²) in [6.45, 7) is 3.21. The second kappa shape index (κ2) is 7.21. The Bertz CT molecular complexity index is 720. The number of benzene rings is 1. The van der Waals surface area contributed by atoms with Gasteiger partial charge in [0.1, 0.15) is 12.2 Å². The van der Waals surface area contributed by atoms with Crippen molar-refractivity contribution in [2.45, 2.75) is 26.1 Å². The molecule has 2 atom stereocenters. The summed E-state index contributed by atoms with van der Waals surface area (Å²) in [5, 5.41) is 9.94. The number of halogens is 1. The summed E-state index contributed by atoms with van der Waals surface area (Å²) in [4.78, 5) is 0. The van der Waals surface area contributed by atoms with Gasteiger partial charge in [0.05, 0.1) is 0 Å². The van der Waals surface area contributed by atoms with E-state index in [1.807, 2.05) is 0 Å². The molecule has 1 aromatic rings. The quantitative estimate of drug-likeness (QED) is 0.727. The first-order valence-electron chi connectivity index (χ1n) is 6.07. The molecule has 0 aliphatic rings. The minimum atomic E-state index is -4.40. The van der Waals surface area contributed by atoms with Crippen LogP contribution in [0.2, 0.25) is 5.02 Å². The molecule has 11 heteroatoms. The second-order valence-corrected chi connectivity index (χ2v) is 7.59. The molecule has 0 amide bonds. The summed E-state index contributed by atoms with van der Waals surface area (Å²) >= 11 is 6.02. The van der Waals surface area contributed by atoms with E-state index in [4.69, 9.17) is 30.2 Å². The largest absolute Gasteiger partial charge is 0.333 e. The average molecular weight is 373 g/mol. The van der Waals surface area contributed by atoms with Crippen molar-refractivity contribution in [3.63, 3.8) is 0 Å². The zero-order valence-electron chi connectivity index (χ0n) is 11.8. The van der Waals surface area contributed by atoms with Crippen LogP contribution in [0, 0.1) is 5.92 Å². The summed E-state index contributed by atoms with van der Waals surface area (Å²) in [5.74, 6) is -0.471. The van der Waals surface area contributed by atoms with Gasteiger partial charge in [0.25, 0.3) is 0 Å². The Morgan fingerprint density at radius 3 is 1.91 bits per heavy atom. The predicted molar refractivity (Wildman–Crippen MR) is 81.2 cm³/mol. The van der Waals surface area contributed by atoms with Crippen LogP contribution in [0.1, 0.15) is 25.5 Å². The lowest BCUT2D eigenvalue weighted by Gasteiger charge is -2.28. The second-order valence-electron chi connectivity index (χ2n) is 4.83. The van der Waals surface area contributed by atoms with Gasteiger partial charge in [-0.05, 0) is 12.0 Å². The van der Waals surface area contributed by atoms with Gasteiger partial charge in [-0.3, -0.25) is 4.18 Å². The molecule has 0 heterocycles. The van der Waals surface area contributed by atoms with Gasteiger partial charge in [-0.25, -0.2) is 14.5 Å². The smallest absolute Gasteiger partial charge is 0.251 e. The molecule has 1 aromatic carbocycles. The molecule has 0 saturated heterocycles. The maximum Gasteiger partial charge on any atom is 0.333 e. The summed E-state index contributed by atoms with van der Waals surface area (Å²) in [7, 11) is -8.75. The number of nitrogens with two attached hydrogens (primary N) is 2. The summed E-state index contributed by atoms with van der Waals surface area (Å²) in [5.41, 5.74) is 0.209. The normalized spacial score (nSPS) is 15.7. The van der Waals surface area contributed by atoms with Crippen LogP contribution in [0.4, 0.5) is 0 Å².